The second-order valence-corrected chi connectivity index (χ2v) is 7.98. The third-order valence-corrected chi connectivity index (χ3v) is 5.57. The van der Waals surface area contributed by atoms with Crippen LogP contribution in [0.5, 0.6) is 0 Å². The van der Waals surface area contributed by atoms with Gasteiger partial charge >= 0.3 is 0 Å². The van der Waals surface area contributed by atoms with Crippen molar-refractivity contribution < 1.29 is 4.79 Å². The number of nitrogens with zero attached hydrogens (tertiary/aromatic N) is 1. The minimum atomic E-state index is -0.224. The van der Waals surface area contributed by atoms with E-state index in [0.29, 0.717) is 5.56 Å². The molecule has 3 nitrogen and oxygen atoms in total. The van der Waals surface area contributed by atoms with Gasteiger partial charge in [0.05, 0.1) is 6.21 Å². The van der Waals surface area contributed by atoms with Gasteiger partial charge in [-0.2, -0.15) is 5.10 Å². The highest BCUT2D eigenvalue weighted by atomic mass is 35.5. The van der Waals surface area contributed by atoms with Crippen molar-refractivity contribution in [2.45, 2.75) is 24.5 Å². The van der Waals surface area contributed by atoms with E-state index < -0.39 is 0 Å². The molecule has 1 N–H and O–H groups in total. The van der Waals surface area contributed by atoms with Crippen LogP contribution in [-0.4, -0.2) is 12.1 Å². The van der Waals surface area contributed by atoms with Gasteiger partial charge in [-0.25, -0.2) is 5.43 Å². The van der Waals surface area contributed by atoms with E-state index in [9.17, 15) is 4.79 Å². The Kier molecular flexibility index (Phi) is 6.90. The number of amides is 1. The topological polar surface area (TPSA) is 41.5 Å². The molecule has 3 aromatic carbocycles. The second-order valence-electron chi connectivity index (χ2n) is 6.50. The Bertz CT molecular complexity index is 982. The van der Waals surface area contributed by atoms with Crippen LogP contribution in [0.2, 0.25) is 5.02 Å². The van der Waals surface area contributed by atoms with Gasteiger partial charge in [-0.15, -0.1) is 11.8 Å². The summed E-state index contributed by atoms with van der Waals surface area (Å²) in [6.07, 6.45) is 1.67. The van der Waals surface area contributed by atoms with Crippen LogP contribution in [-0.2, 0) is 5.75 Å². The van der Waals surface area contributed by atoms with Gasteiger partial charge in [-0.3, -0.25) is 4.79 Å². The monoisotopic (exact) mass is 408 g/mol. The average molecular weight is 409 g/mol. The van der Waals surface area contributed by atoms with E-state index in [4.69, 9.17) is 11.6 Å². The Balaban J connectivity index is 1.54. The van der Waals surface area contributed by atoms with Crippen LogP contribution in [0.3, 0.4) is 0 Å². The Labute approximate surface area is 174 Å². The van der Waals surface area contributed by atoms with Gasteiger partial charge in [0.15, 0.2) is 0 Å². The molecule has 0 saturated heterocycles. The van der Waals surface area contributed by atoms with Crippen molar-refractivity contribution in [2.75, 3.05) is 0 Å². The number of hydrazone groups is 1. The van der Waals surface area contributed by atoms with Crippen molar-refractivity contribution in [3.05, 3.63) is 99.6 Å². The SMILES string of the molecule is Cc1ccc(/C=N/NC(=O)c2ccc(CSc3ccc(Cl)cc3)cc2)c(C)c1. The van der Waals surface area contributed by atoms with Crippen LogP contribution < -0.4 is 5.43 Å². The summed E-state index contributed by atoms with van der Waals surface area (Å²) in [5.74, 6) is 0.604. The summed E-state index contributed by atoms with van der Waals surface area (Å²) in [7, 11) is 0. The molecular weight excluding hydrogens is 388 g/mol. The average Bonchev–Trinajstić information content (AvgIpc) is 2.69. The van der Waals surface area contributed by atoms with Crippen LogP contribution in [0.25, 0.3) is 0 Å². The van der Waals surface area contributed by atoms with Crippen molar-refractivity contribution in [3.8, 4) is 0 Å². The molecule has 0 atom stereocenters. The number of nitrogens with one attached hydrogen (secondary N) is 1. The number of rotatable bonds is 6. The van der Waals surface area contributed by atoms with E-state index in [1.54, 1.807) is 18.0 Å². The summed E-state index contributed by atoms with van der Waals surface area (Å²) in [5.41, 5.74) is 7.63. The van der Waals surface area contributed by atoms with Gasteiger partial charge in [-0.05, 0) is 66.9 Å². The molecule has 3 rings (SSSR count). The van der Waals surface area contributed by atoms with Crippen LogP contribution in [0.15, 0.2) is 76.7 Å². The van der Waals surface area contributed by atoms with Crippen molar-refractivity contribution in [1.29, 1.82) is 0 Å². The molecule has 0 radical (unpaired) electrons. The molecule has 0 aliphatic carbocycles. The number of hydrogen-bond acceptors (Lipinski definition) is 3. The lowest BCUT2D eigenvalue weighted by Crippen LogP contribution is -2.17. The summed E-state index contributed by atoms with van der Waals surface area (Å²) in [6.45, 7) is 4.07. The third-order valence-electron chi connectivity index (χ3n) is 4.23. The quantitative estimate of drug-likeness (QED) is 0.308. The molecule has 0 aromatic heterocycles. The van der Waals surface area contributed by atoms with Gasteiger partial charge in [0.1, 0.15) is 0 Å². The Morgan fingerprint density at radius 3 is 2.43 bits per heavy atom. The maximum Gasteiger partial charge on any atom is 0.271 e. The molecule has 0 fully saturated rings. The second kappa shape index (κ2) is 9.58. The normalized spacial score (nSPS) is 11.0. The van der Waals surface area contributed by atoms with Crippen LogP contribution in [0.1, 0.15) is 32.6 Å². The zero-order chi connectivity index (χ0) is 19.9. The first-order valence-electron chi connectivity index (χ1n) is 8.89. The number of hydrogen-bond donors (Lipinski definition) is 1. The molecule has 0 aliphatic rings. The number of benzene rings is 3. The van der Waals surface area contributed by atoms with E-state index in [-0.39, 0.29) is 5.91 Å². The van der Waals surface area contributed by atoms with Crippen LogP contribution in [0.4, 0.5) is 0 Å². The highest BCUT2D eigenvalue weighted by Gasteiger charge is 2.05. The summed E-state index contributed by atoms with van der Waals surface area (Å²) in [6, 6.07) is 21.4. The first kappa shape index (κ1) is 20.2. The minimum Gasteiger partial charge on any atom is -0.267 e. The smallest absolute Gasteiger partial charge is 0.267 e. The van der Waals surface area contributed by atoms with E-state index in [1.807, 2.05) is 74.5 Å². The fourth-order valence-electron chi connectivity index (χ4n) is 2.65. The maximum atomic E-state index is 12.3. The summed E-state index contributed by atoms with van der Waals surface area (Å²) in [5, 5.41) is 4.81. The van der Waals surface area contributed by atoms with Crippen LogP contribution >= 0.6 is 23.4 Å². The van der Waals surface area contributed by atoms with Crippen LogP contribution in [0, 0.1) is 13.8 Å². The van der Waals surface area contributed by atoms with Gasteiger partial charge in [0.2, 0.25) is 0 Å². The highest BCUT2D eigenvalue weighted by molar-refractivity contribution is 7.98. The molecular formula is C23H21ClN2OS. The Morgan fingerprint density at radius 2 is 1.75 bits per heavy atom. The minimum absolute atomic E-state index is 0.224. The lowest BCUT2D eigenvalue weighted by Gasteiger charge is -2.05. The molecule has 0 saturated carbocycles. The van der Waals surface area contributed by atoms with Crippen molar-refractivity contribution >= 4 is 35.5 Å². The first-order valence-corrected chi connectivity index (χ1v) is 10.3. The zero-order valence-corrected chi connectivity index (χ0v) is 17.3. The Morgan fingerprint density at radius 1 is 1.04 bits per heavy atom. The van der Waals surface area contributed by atoms with E-state index in [0.717, 1.165) is 32.4 Å². The largest absolute Gasteiger partial charge is 0.271 e. The molecule has 5 heteroatoms. The number of thioether (sulfide) groups is 1. The highest BCUT2D eigenvalue weighted by Crippen LogP contribution is 2.24. The van der Waals surface area contributed by atoms with Crippen molar-refractivity contribution in [2.24, 2.45) is 5.10 Å². The third kappa shape index (κ3) is 5.72. The molecule has 142 valence electrons. The lowest BCUT2D eigenvalue weighted by atomic mass is 10.1. The van der Waals surface area contributed by atoms with Crippen molar-refractivity contribution in [3.63, 3.8) is 0 Å². The summed E-state index contributed by atoms with van der Waals surface area (Å²) < 4.78 is 0. The fraction of sp³-hybridized carbons (Fsp3) is 0.130. The van der Waals surface area contributed by atoms with E-state index in [2.05, 4.69) is 16.6 Å². The predicted molar refractivity (Wildman–Crippen MR) is 118 cm³/mol. The summed E-state index contributed by atoms with van der Waals surface area (Å²) in [4.78, 5) is 13.4. The number of carbonyl (C=O) groups excluding carboxylic acids is 1. The zero-order valence-electron chi connectivity index (χ0n) is 15.8. The maximum absolute atomic E-state index is 12.3. The molecule has 0 aliphatic heterocycles. The molecule has 0 unspecified atom stereocenters. The number of halogens is 1. The molecule has 0 bridgehead atoms. The molecule has 0 spiro atoms. The number of aryl methyl sites for hydroxylation is 2. The van der Waals surface area contributed by atoms with Gasteiger partial charge in [0.25, 0.3) is 5.91 Å². The molecule has 0 heterocycles. The Hall–Kier alpha value is -2.56. The predicted octanol–water partition coefficient (Wildman–Crippen LogP) is 6.01. The molecule has 1 amide bonds. The molecule has 3 aromatic rings. The standard InChI is InChI=1S/C23H21ClN2OS/c1-16-3-6-20(17(2)13-16)14-25-26-23(27)19-7-4-18(5-8-19)15-28-22-11-9-21(24)10-12-22/h3-14H,15H2,1-2H3,(H,26,27)/b25-14+. The van der Waals surface area contributed by atoms with Gasteiger partial charge in [-0.1, -0.05) is 47.5 Å². The summed E-state index contributed by atoms with van der Waals surface area (Å²) >= 11 is 7.63. The van der Waals surface area contributed by atoms with E-state index in [1.165, 1.54) is 5.56 Å². The van der Waals surface area contributed by atoms with Gasteiger partial charge < -0.3 is 0 Å². The number of carbonyl (C=O) groups is 1. The first-order chi connectivity index (χ1) is 13.5. The van der Waals surface area contributed by atoms with Gasteiger partial charge in [0, 0.05) is 21.2 Å². The molecule has 28 heavy (non-hydrogen) atoms. The fourth-order valence-corrected chi connectivity index (χ4v) is 3.63. The van der Waals surface area contributed by atoms with Crippen molar-refractivity contribution in [1.82, 2.24) is 5.43 Å². The lowest BCUT2D eigenvalue weighted by molar-refractivity contribution is 0.0955. The van der Waals surface area contributed by atoms with E-state index >= 15 is 0 Å².